The lowest BCUT2D eigenvalue weighted by Gasteiger charge is -2.32. The molecule has 0 saturated carbocycles. The van der Waals surface area contributed by atoms with Gasteiger partial charge in [0.25, 0.3) is 10.0 Å². The van der Waals surface area contributed by atoms with Crippen LogP contribution in [-0.4, -0.2) is 43.8 Å². The summed E-state index contributed by atoms with van der Waals surface area (Å²) in [5.74, 6) is -0.944. The molecule has 3 aromatic carbocycles. The van der Waals surface area contributed by atoms with Gasteiger partial charge in [-0.3, -0.25) is 13.9 Å². The smallest absolute Gasteiger partial charge is 0.264 e. The Balaban J connectivity index is 2.07. The molecule has 0 aromatic heterocycles. The summed E-state index contributed by atoms with van der Waals surface area (Å²) in [6.07, 6.45) is 0. The van der Waals surface area contributed by atoms with Gasteiger partial charge in [0.1, 0.15) is 12.6 Å². The second-order valence-corrected chi connectivity index (χ2v) is 13.0. The third-order valence-electron chi connectivity index (χ3n) is 5.93. The van der Waals surface area contributed by atoms with Gasteiger partial charge in [-0.15, -0.1) is 0 Å². The largest absolute Gasteiger partial charge is 0.352 e. The summed E-state index contributed by atoms with van der Waals surface area (Å²) < 4.78 is 29.6. The monoisotopic (exact) mass is 653 g/mol. The molecule has 0 bridgehead atoms. The number of halogens is 3. The Morgan fingerprint density at radius 1 is 0.949 bits per heavy atom. The van der Waals surface area contributed by atoms with Crippen molar-refractivity contribution in [3.05, 3.63) is 92.4 Å². The fraction of sp³-hybridized carbons (Fsp3) is 0.286. The average molecular weight is 655 g/mol. The summed E-state index contributed by atoms with van der Waals surface area (Å²) in [6, 6.07) is 17.0. The van der Waals surface area contributed by atoms with E-state index in [1.54, 1.807) is 19.1 Å². The lowest BCUT2D eigenvalue weighted by atomic mass is 10.1. The van der Waals surface area contributed by atoms with Crippen molar-refractivity contribution in [2.24, 2.45) is 0 Å². The second kappa shape index (κ2) is 13.2. The first-order valence-electron chi connectivity index (χ1n) is 12.2. The van der Waals surface area contributed by atoms with E-state index in [4.69, 9.17) is 23.2 Å². The van der Waals surface area contributed by atoms with Crippen molar-refractivity contribution in [3.63, 3.8) is 0 Å². The molecule has 208 valence electrons. The Bertz CT molecular complexity index is 1430. The number of rotatable bonds is 10. The van der Waals surface area contributed by atoms with Gasteiger partial charge in [-0.2, -0.15) is 0 Å². The predicted octanol–water partition coefficient (Wildman–Crippen LogP) is 6.20. The molecule has 0 saturated heterocycles. The van der Waals surface area contributed by atoms with Crippen molar-refractivity contribution < 1.29 is 18.0 Å². The van der Waals surface area contributed by atoms with Crippen LogP contribution in [0.25, 0.3) is 0 Å². The first kappa shape index (κ1) is 30.9. The van der Waals surface area contributed by atoms with Gasteiger partial charge in [0, 0.05) is 22.1 Å². The van der Waals surface area contributed by atoms with Crippen LogP contribution in [0.5, 0.6) is 0 Å². The topological polar surface area (TPSA) is 86.8 Å². The van der Waals surface area contributed by atoms with Gasteiger partial charge in [0.2, 0.25) is 11.8 Å². The molecule has 1 atom stereocenters. The lowest BCUT2D eigenvalue weighted by molar-refractivity contribution is -0.139. The van der Waals surface area contributed by atoms with Crippen molar-refractivity contribution >= 4 is 66.7 Å². The number of hydrogen-bond donors (Lipinski definition) is 1. The number of benzene rings is 3. The number of amides is 2. The quantitative estimate of drug-likeness (QED) is 0.282. The van der Waals surface area contributed by atoms with Crippen molar-refractivity contribution in [1.82, 2.24) is 10.2 Å². The molecule has 2 amide bonds. The molecular formula is C28H30BrCl2N3O4S. The molecule has 3 aromatic rings. The molecule has 0 aliphatic heterocycles. The highest BCUT2D eigenvalue weighted by Crippen LogP contribution is 2.33. The zero-order valence-corrected chi connectivity index (χ0v) is 25.9. The standard InChI is InChI=1S/C28H30BrCl2N3O4S/c1-18(2)32-28(36)20(4)33(16-21-7-9-22(29)10-8-21)27(35)17-34(26-15-23(30)11-14-25(26)31)39(37,38)24-12-5-19(3)6-13-24/h5-15,18,20H,16-17H2,1-4H3,(H,32,36)/t20-/m0/s1. The Morgan fingerprint density at radius 2 is 1.56 bits per heavy atom. The Morgan fingerprint density at radius 3 is 2.15 bits per heavy atom. The zero-order chi connectivity index (χ0) is 28.9. The molecule has 0 radical (unpaired) electrons. The van der Waals surface area contributed by atoms with Crippen molar-refractivity contribution in [2.45, 2.75) is 51.2 Å². The number of carbonyl (C=O) groups excluding carboxylic acids is 2. The Kier molecular flexibility index (Phi) is 10.5. The zero-order valence-electron chi connectivity index (χ0n) is 22.0. The maximum atomic E-state index is 13.9. The Hall–Kier alpha value is -2.59. The van der Waals surface area contributed by atoms with Crippen LogP contribution in [0.1, 0.15) is 31.9 Å². The summed E-state index contributed by atoms with van der Waals surface area (Å²) in [4.78, 5) is 28.2. The fourth-order valence-corrected chi connectivity index (χ4v) is 5.93. The van der Waals surface area contributed by atoms with E-state index in [1.807, 2.05) is 45.0 Å². The predicted molar refractivity (Wildman–Crippen MR) is 160 cm³/mol. The van der Waals surface area contributed by atoms with E-state index < -0.39 is 28.5 Å². The number of carbonyl (C=O) groups is 2. The first-order valence-corrected chi connectivity index (χ1v) is 15.2. The van der Waals surface area contributed by atoms with Crippen LogP contribution in [0.4, 0.5) is 5.69 Å². The molecule has 0 spiro atoms. The summed E-state index contributed by atoms with van der Waals surface area (Å²) in [5, 5.41) is 3.18. The van der Waals surface area contributed by atoms with Gasteiger partial charge in [-0.25, -0.2) is 8.42 Å². The van der Waals surface area contributed by atoms with E-state index in [0.29, 0.717) is 0 Å². The van der Waals surface area contributed by atoms with Gasteiger partial charge in [-0.05, 0) is 75.7 Å². The molecule has 0 heterocycles. The van der Waals surface area contributed by atoms with Crippen molar-refractivity contribution in [1.29, 1.82) is 0 Å². The van der Waals surface area contributed by atoms with Crippen LogP contribution >= 0.6 is 39.1 Å². The summed E-state index contributed by atoms with van der Waals surface area (Å²) in [5.41, 5.74) is 1.70. The molecule has 0 unspecified atom stereocenters. The van der Waals surface area contributed by atoms with Gasteiger partial charge < -0.3 is 10.2 Å². The summed E-state index contributed by atoms with van der Waals surface area (Å²) in [7, 11) is -4.25. The van der Waals surface area contributed by atoms with Crippen LogP contribution in [0, 0.1) is 6.92 Å². The van der Waals surface area contributed by atoms with Gasteiger partial charge in [0.15, 0.2) is 0 Å². The lowest BCUT2D eigenvalue weighted by Crippen LogP contribution is -2.52. The average Bonchev–Trinajstić information content (AvgIpc) is 2.87. The molecule has 11 heteroatoms. The molecule has 1 N–H and O–H groups in total. The number of aryl methyl sites for hydroxylation is 1. The maximum Gasteiger partial charge on any atom is 0.264 e. The molecule has 3 rings (SSSR count). The van der Waals surface area contributed by atoms with Gasteiger partial charge in [0.05, 0.1) is 15.6 Å². The van der Waals surface area contributed by atoms with Gasteiger partial charge in [-0.1, -0.05) is 69.0 Å². The summed E-state index contributed by atoms with van der Waals surface area (Å²) >= 11 is 16.0. The van der Waals surface area contributed by atoms with E-state index in [9.17, 15) is 18.0 Å². The van der Waals surface area contributed by atoms with Gasteiger partial charge >= 0.3 is 0 Å². The van der Waals surface area contributed by atoms with E-state index in [-0.39, 0.29) is 39.1 Å². The van der Waals surface area contributed by atoms with Crippen LogP contribution in [0.15, 0.2) is 76.1 Å². The number of hydrogen-bond acceptors (Lipinski definition) is 4. The minimum atomic E-state index is -4.25. The van der Waals surface area contributed by atoms with Crippen LogP contribution in [0.2, 0.25) is 10.0 Å². The highest BCUT2D eigenvalue weighted by Gasteiger charge is 2.33. The molecular weight excluding hydrogens is 625 g/mol. The van der Waals surface area contributed by atoms with E-state index >= 15 is 0 Å². The highest BCUT2D eigenvalue weighted by molar-refractivity contribution is 9.10. The van der Waals surface area contributed by atoms with E-state index in [0.717, 1.165) is 19.9 Å². The number of nitrogens with zero attached hydrogens (tertiary/aromatic N) is 2. The third-order valence-corrected chi connectivity index (χ3v) is 8.79. The molecule has 0 aliphatic carbocycles. The highest BCUT2D eigenvalue weighted by atomic mass is 79.9. The first-order chi connectivity index (χ1) is 18.3. The van der Waals surface area contributed by atoms with Crippen LogP contribution in [0.3, 0.4) is 0 Å². The third kappa shape index (κ3) is 7.97. The number of sulfonamides is 1. The van der Waals surface area contributed by atoms with E-state index in [1.165, 1.54) is 35.2 Å². The minimum absolute atomic E-state index is 0.0120. The maximum absolute atomic E-state index is 13.9. The number of anilines is 1. The number of nitrogens with one attached hydrogen (secondary N) is 1. The summed E-state index contributed by atoms with van der Waals surface area (Å²) in [6.45, 7) is 6.58. The fourth-order valence-electron chi connectivity index (χ4n) is 3.80. The molecule has 0 aliphatic rings. The molecule has 39 heavy (non-hydrogen) atoms. The Labute approximate surface area is 248 Å². The SMILES string of the molecule is Cc1ccc(S(=O)(=O)N(CC(=O)N(Cc2ccc(Br)cc2)[C@@H](C)C(=O)NC(C)C)c2cc(Cl)ccc2Cl)cc1. The molecule has 0 fully saturated rings. The van der Waals surface area contributed by atoms with Crippen LogP contribution in [-0.2, 0) is 26.2 Å². The van der Waals surface area contributed by atoms with Crippen molar-refractivity contribution in [2.75, 3.05) is 10.8 Å². The molecule has 7 nitrogen and oxygen atoms in total. The van der Waals surface area contributed by atoms with Crippen LogP contribution < -0.4 is 9.62 Å². The minimum Gasteiger partial charge on any atom is -0.352 e. The second-order valence-electron chi connectivity index (χ2n) is 9.41. The normalized spacial score (nSPS) is 12.2. The van der Waals surface area contributed by atoms with E-state index in [2.05, 4.69) is 21.2 Å². The van der Waals surface area contributed by atoms with Crippen molar-refractivity contribution in [3.8, 4) is 0 Å².